The monoisotopic (exact) mass is 695 g/mol. The third kappa shape index (κ3) is 9.11. The quantitative estimate of drug-likeness (QED) is 0.162. The highest BCUT2D eigenvalue weighted by Crippen LogP contribution is 2.37. The Kier molecular flexibility index (Phi) is 11.9. The van der Waals surface area contributed by atoms with E-state index >= 15 is 0 Å². The van der Waals surface area contributed by atoms with Crippen LogP contribution < -0.4 is 14.8 Å². The first-order valence-electron chi connectivity index (χ1n) is 15.1. The van der Waals surface area contributed by atoms with Gasteiger partial charge in [0.05, 0.1) is 35.3 Å². The Morgan fingerprint density at radius 2 is 1.72 bits per heavy atom. The molecule has 2 fully saturated rings. The smallest absolute Gasteiger partial charge is 0.335 e. The first-order valence-corrected chi connectivity index (χ1v) is 16.7. The average Bonchev–Trinajstić information content (AvgIpc) is 3.33. The number of amides is 2. The van der Waals surface area contributed by atoms with Crippen LogP contribution in [0, 0.1) is 0 Å². The Morgan fingerprint density at radius 3 is 2.40 bits per heavy atom. The molecule has 0 atom stereocenters. The highest BCUT2D eigenvalue weighted by Gasteiger charge is 2.32. The zero-order chi connectivity index (χ0) is 33.3. The molecule has 47 heavy (non-hydrogen) atoms. The topological polar surface area (TPSA) is 118 Å². The number of carboxylic acid groups (broad SMARTS) is 1. The highest BCUT2D eigenvalue weighted by molar-refractivity contribution is 8.26. The van der Waals surface area contributed by atoms with Crippen LogP contribution in [0.15, 0.2) is 65.6 Å². The van der Waals surface area contributed by atoms with Crippen molar-refractivity contribution in [3.05, 3.63) is 81.7 Å². The van der Waals surface area contributed by atoms with E-state index in [1.54, 1.807) is 6.08 Å². The van der Waals surface area contributed by atoms with Crippen molar-refractivity contribution in [3.8, 4) is 22.6 Å². The Bertz CT molecular complexity index is 1680. The second kappa shape index (κ2) is 16.2. The van der Waals surface area contributed by atoms with Gasteiger partial charge >= 0.3 is 5.97 Å². The van der Waals surface area contributed by atoms with E-state index in [2.05, 4.69) is 10.2 Å². The van der Waals surface area contributed by atoms with Crippen molar-refractivity contribution in [3.63, 3.8) is 0 Å². The van der Waals surface area contributed by atoms with Gasteiger partial charge in [-0.2, -0.15) is 0 Å². The van der Waals surface area contributed by atoms with E-state index in [0.29, 0.717) is 63.4 Å². The molecule has 246 valence electrons. The van der Waals surface area contributed by atoms with Crippen LogP contribution in [0.5, 0.6) is 11.5 Å². The summed E-state index contributed by atoms with van der Waals surface area (Å²) >= 11 is 13.2. The van der Waals surface area contributed by atoms with Crippen molar-refractivity contribution in [1.29, 1.82) is 0 Å². The van der Waals surface area contributed by atoms with Gasteiger partial charge in [0, 0.05) is 43.9 Å². The maximum Gasteiger partial charge on any atom is 0.335 e. The molecule has 2 heterocycles. The number of hydrogen-bond acceptors (Lipinski definition) is 9. The number of ether oxygens (including phenoxy) is 3. The number of morpholine rings is 1. The number of carbonyl (C=O) groups excluding carboxylic acids is 2. The molecule has 5 rings (SSSR count). The van der Waals surface area contributed by atoms with Gasteiger partial charge in [0.1, 0.15) is 22.4 Å². The Morgan fingerprint density at radius 1 is 1.02 bits per heavy atom. The average molecular weight is 696 g/mol. The number of thioether (sulfide) groups is 1. The van der Waals surface area contributed by atoms with E-state index in [9.17, 15) is 14.4 Å². The molecular weight excluding hydrogens is 662 g/mol. The van der Waals surface area contributed by atoms with Crippen LogP contribution in [0.25, 0.3) is 17.2 Å². The summed E-state index contributed by atoms with van der Waals surface area (Å²) in [5.41, 5.74) is 3.04. The zero-order valence-corrected chi connectivity index (χ0v) is 28.1. The molecule has 0 aromatic heterocycles. The number of thiocarbonyl (C=S) groups is 1. The SMILES string of the molecule is CCOc1ccc(-c2ccc(OCCN3CCOCC3)c(C=C3SC(=S)N(CCC(=O)Nc4ccc(C(=O)O)cc4)C3=O)c2)cc1Cl. The van der Waals surface area contributed by atoms with Gasteiger partial charge in [0.2, 0.25) is 5.91 Å². The first kappa shape index (κ1) is 34.4. The van der Waals surface area contributed by atoms with Gasteiger partial charge in [-0.3, -0.25) is 19.4 Å². The van der Waals surface area contributed by atoms with E-state index < -0.39 is 5.97 Å². The summed E-state index contributed by atoms with van der Waals surface area (Å²) in [5, 5.41) is 12.3. The number of aromatic carboxylic acids is 1. The summed E-state index contributed by atoms with van der Waals surface area (Å²) in [4.78, 5) is 41.3. The molecule has 0 aliphatic carbocycles. The largest absolute Gasteiger partial charge is 0.492 e. The van der Waals surface area contributed by atoms with Crippen molar-refractivity contribution in [2.45, 2.75) is 13.3 Å². The van der Waals surface area contributed by atoms with Crippen LogP contribution in [-0.4, -0.2) is 89.6 Å². The third-order valence-electron chi connectivity index (χ3n) is 7.48. The van der Waals surface area contributed by atoms with Crippen molar-refractivity contribution < 1.29 is 33.7 Å². The van der Waals surface area contributed by atoms with E-state index in [-0.39, 0.29) is 30.3 Å². The Labute approximate surface area is 287 Å². The molecule has 0 bridgehead atoms. The maximum atomic E-state index is 13.5. The minimum absolute atomic E-state index is 0.00425. The zero-order valence-electron chi connectivity index (χ0n) is 25.7. The molecule has 10 nitrogen and oxygen atoms in total. The van der Waals surface area contributed by atoms with Gasteiger partial charge in [-0.05, 0) is 72.7 Å². The minimum atomic E-state index is -1.05. The molecule has 3 aromatic carbocycles. The number of rotatable bonds is 13. The van der Waals surface area contributed by atoms with Gasteiger partial charge in [0.25, 0.3) is 5.91 Å². The van der Waals surface area contributed by atoms with Crippen molar-refractivity contribution in [1.82, 2.24) is 9.80 Å². The van der Waals surface area contributed by atoms with Gasteiger partial charge in [-0.1, -0.05) is 47.7 Å². The number of halogens is 1. The molecule has 3 aromatic rings. The third-order valence-corrected chi connectivity index (χ3v) is 9.16. The van der Waals surface area contributed by atoms with Crippen LogP contribution in [0.1, 0.15) is 29.3 Å². The predicted octanol–water partition coefficient (Wildman–Crippen LogP) is 6.04. The summed E-state index contributed by atoms with van der Waals surface area (Å²) in [5.74, 6) is -0.451. The number of nitrogens with one attached hydrogen (secondary N) is 1. The molecular formula is C34H34ClN3O7S2. The molecule has 2 amide bonds. The van der Waals surface area contributed by atoms with Crippen molar-refractivity contribution >= 4 is 69.4 Å². The van der Waals surface area contributed by atoms with Crippen LogP contribution in [-0.2, 0) is 14.3 Å². The molecule has 2 aliphatic heterocycles. The van der Waals surface area contributed by atoms with Gasteiger partial charge < -0.3 is 24.6 Å². The summed E-state index contributed by atoms with van der Waals surface area (Å²) in [6.07, 6.45) is 1.78. The summed E-state index contributed by atoms with van der Waals surface area (Å²) in [6, 6.07) is 17.2. The maximum absolute atomic E-state index is 13.5. The number of benzene rings is 3. The van der Waals surface area contributed by atoms with Gasteiger partial charge in [-0.25, -0.2) is 4.79 Å². The Hall–Kier alpha value is -3.94. The Balaban J connectivity index is 1.31. The normalized spacial score (nSPS) is 16.0. The first-order chi connectivity index (χ1) is 22.7. The molecule has 13 heteroatoms. The summed E-state index contributed by atoms with van der Waals surface area (Å²) in [6.45, 7) is 6.81. The molecule has 0 saturated carbocycles. The fourth-order valence-electron chi connectivity index (χ4n) is 5.00. The minimum Gasteiger partial charge on any atom is -0.492 e. The lowest BCUT2D eigenvalue weighted by molar-refractivity contribution is -0.122. The number of carboxylic acids is 1. The van der Waals surface area contributed by atoms with Crippen molar-refractivity contribution in [2.24, 2.45) is 0 Å². The summed E-state index contributed by atoms with van der Waals surface area (Å²) in [7, 11) is 0. The lowest BCUT2D eigenvalue weighted by Gasteiger charge is -2.26. The fraction of sp³-hybridized carbons (Fsp3) is 0.294. The van der Waals surface area contributed by atoms with Crippen LogP contribution in [0.2, 0.25) is 5.02 Å². The lowest BCUT2D eigenvalue weighted by Crippen LogP contribution is -2.38. The number of carbonyl (C=O) groups is 3. The molecule has 2 aliphatic rings. The van der Waals surface area contributed by atoms with Crippen LogP contribution in [0.3, 0.4) is 0 Å². The number of anilines is 1. The number of hydrogen-bond donors (Lipinski definition) is 2. The fourth-order valence-corrected chi connectivity index (χ4v) is 6.54. The lowest BCUT2D eigenvalue weighted by atomic mass is 10.0. The molecule has 0 unspecified atom stereocenters. The predicted molar refractivity (Wildman–Crippen MR) is 187 cm³/mol. The standard InChI is InChI=1S/C34H34ClN3O7S2/c1-2-44-29-10-6-24(20-27(29)35)23-5-9-28(45-18-15-37-13-16-43-17-14-37)25(19-23)21-30-32(40)38(34(46)47-30)12-11-31(39)36-26-7-3-22(4-8-26)33(41)42/h3-10,19-21H,2,11-18H2,1H3,(H,36,39)(H,41,42). The van der Waals surface area contributed by atoms with E-state index in [4.69, 9.17) is 43.1 Å². The molecule has 2 saturated heterocycles. The van der Waals surface area contributed by atoms with Gasteiger partial charge in [0.15, 0.2) is 0 Å². The second-order valence-corrected chi connectivity index (χ2v) is 12.7. The van der Waals surface area contributed by atoms with E-state index in [1.807, 2.05) is 43.3 Å². The van der Waals surface area contributed by atoms with E-state index in [1.165, 1.54) is 40.9 Å². The molecule has 2 N–H and O–H groups in total. The molecule has 0 radical (unpaired) electrons. The second-order valence-electron chi connectivity index (χ2n) is 10.6. The van der Waals surface area contributed by atoms with Gasteiger partial charge in [-0.15, -0.1) is 0 Å². The van der Waals surface area contributed by atoms with Crippen LogP contribution in [0.4, 0.5) is 5.69 Å². The van der Waals surface area contributed by atoms with Crippen molar-refractivity contribution in [2.75, 3.05) is 57.9 Å². The van der Waals surface area contributed by atoms with Crippen LogP contribution >= 0.6 is 35.6 Å². The van der Waals surface area contributed by atoms with E-state index in [0.717, 1.165) is 30.8 Å². The number of nitrogens with zero attached hydrogens (tertiary/aromatic N) is 2. The summed E-state index contributed by atoms with van der Waals surface area (Å²) < 4.78 is 17.6. The molecule has 0 spiro atoms. The highest BCUT2D eigenvalue weighted by atomic mass is 35.5.